The Morgan fingerprint density at radius 1 is 0.877 bits per heavy atom. The summed E-state index contributed by atoms with van der Waals surface area (Å²) >= 11 is 0. The van der Waals surface area contributed by atoms with Gasteiger partial charge in [-0.1, -0.05) is 38.5 Å². The zero-order valence-corrected chi connectivity index (χ0v) is 40.4. The second kappa shape index (κ2) is 24.7. The van der Waals surface area contributed by atoms with E-state index in [2.05, 4.69) is 6.07 Å². The molecule has 18 nitrogen and oxygen atoms in total. The topological polar surface area (TPSA) is 245 Å². The molecule has 0 bridgehead atoms. The highest BCUT2D eigenvalue weighted by molar-refractivity contribution is 5.91. The molecule has 3 fully saturated rings. The normalized spacial score (nSPS) is 45.3. The van der Waals surface area contributed by atoms with Crippen molar-refractivity contribution in [1.82, 2.24) is 4.90 Å². The van der Waals surface area contributed by atoms with Crippen LogP contribution in [-0.2, 0) is 52.2 Å². The second-order valence-corrected chi connectivity index (χ2v) is 19.0. The number of nitrogens with zero attached hydrogens (tertiary/aromatic N) is 2. The molecular formula is C47H78N2O16. The highest BCUT2D eigenvalue weighted by Gasteiger charge is 2.52. The van der Waals surface area contributed by atoms with Crippen molar-refractivity contribution >= 4 is 11.8 Å². The molecule has 3 saturated heterocycles. The van der Waals surface area contributed by atoms with Gasteiger partial charge >= 0.3 is 5.97 Å². The fourth-order valence-electron chi connectivity index (χ4n) is 9.69. The summed E-state index contributed by atoms with van der Waals surface area (Å²) in [6.07, 6.45) is -8.32. The number of cyclic esters (lactones) is 1. The van der Waals surface area contributed by atoms with Gasteiger partial charge in [0.2, 0.25) is 0 Å². The smallest absolute Gasteiger partial charge is 0.308 e. The number of carbonyl (C=O) groups is 2. The summed E-state index contributed by atoms with van der Waals surface area (Å²) in [5.41, 5.74) is -0.786. The van der Waals surface area contributed by atoms with Gasteiger partial charge in [-0.15, -0.1) is 0 Å². The Balaban J connectivity index is 1.63. The van der Waals surface area contributed by atoms with E-state index < -0.39 is 140 Å². The molecule has 0 aromatic heterocycles. The van der Waals surface area contributed by atoms with E-state index in [1.807, 2.05) is 19.9 Å². The number of carbonyl (C=O) groups excluding carboxylic acids is 2. The molecule has 0 aliphatic carbocycles. The maximum Gasteiger partial charge on any atom is 0.308 e. The Labute approximate surface area is 385 Å². The molecule has 4 aliphatic rings. The van der Waals surface area contributed by atoms with Crippen molar-refractivity contribution in [2.24, 2.45) is 23.7 Å². The van der Waals surface area contributed by atoms with Crippen LogP contribution < -0.4 is 0 Å². The third-order valence-electron chi connectivity index (χ3n) is 13.6. The number of rotatable bonds is 13. The summed E-state index contributed by atoms with van der Waals surface area (Å²) in [4.78, 5) is 29.4. The zero-order chi connectivity index (χ0) is 48.5. The lowest BCUT2D eigenvalue weighted by atomic mass is 9.79. The number of ketones is 1. The fourth-order valence-corrected chi connectivity index (χ4v) is 9.69. The standard InChI is InChI=1S/C47H78N2O16/c1-13-34-31(23-59-46-43(58-12)42(57-11)38(53)27(5)61-46)19-24(2)16-17-32(50)25(3)20-30(15-14-18-48)40(26(4)33(51)21-35(52)63-34)65-45-39(54)37(49(9)10)41(28(6)62-45)64-36-22-47(8,56)44(55)29(7)60-36/h16-17,19,25-31,33-34,36-46,51,53-56H,13-15,20-23H2,1-12H3/b17-16+,24-19+/t25-,26+,27-,28-,29+,30+,31-,33-,34-,36+,37-,38-,39-,40-,41-,42-,43-,44+,45+,46-,47-/m1/s1. The molecule has 18 heteroatoms. The number of aliphatic hydroxyl groups excluding tert-OH is 4. The van der Waals surface area contributed by atoms with Crippen molar-refractivity contribution in [3.63, 3.8) is 0 Å². The van der Waals surface area contributed by atoms with Crippen LogP contribution in [0.2, 0.25) is 0 Å². The van der Waals surface area contributed by atoms with E-state index in [4.69, 9.17) is 42.6 Å². The first-order valence-corrected chi connectivity index (χ1v) is 23.1. The Morgan fingerprint density at radius 2 is 1.54 bits per heavy atom. The number of aliphatic hydroxyl groups is 5. The number of hydrogen-bond donors (Lipinski definition) is 5. The molecule has 0 amide bonds. The molecule has 21 atom stereocenters. The van der Waals surface area contributed by atoms with Gasteiger partial charge in [-0.3, -0.25) is 9.59 Å². The quantitative estimate of drug-likeness (QED) is 0.167. The van der Waals surface area contributed by atoms with Crippen molar-refractivity contribution < 1.29 is 77.8 Å². The molecule has 0 aromatic rings. The molecule has 0 saturated carbocycles. The highest BCUT2D eigenvalue weighted by atomic mass is 16.7. The van der Waals surface area contributed by atoms with E-state index in [-0.39, 0.29) is 38.1 Å². The zero-order valence-electron chi connectivity index (χ0n) is 40.4. The van der Waals surface area contributed by atoms with Crippen molar-refractivity contribution in [2.45, 2.75) is 198 Å². The monoisotopic (exact) mass is 927 g/mol. The molecule has 0 unspecified atom stereocenters. The number of allylic oxidation sites excluding steroid dienone is 3. The van der Waals surface area contributed by atoms with E-state index in [1.54, 1.807) is 59.7 Å². The predicted octanol–water partition coefficient (Wildman–Crippen LogP) is 2.55. The van der Waals surface area contributed by atoms with Gasteiger partial charge in [-0.25, -0.2) is 0 Å². The number of nitriles is 1. The Morgan fingerprint density at radius 3 is 2.14 bits per heavy atom. The summed E-state index contributed by atoms with van der Waals surface area (Å²) < 4.78 is 54.9. The Bertz CT molecular complexity index is 1620. The van der Waals surface area contributed by atoms with Crippen LogP contribution in [0.25, 0.3) is 0 Å². The lowest BCUT2D eigenvalue weighted by Crippen LogP contribution is -2.65. The van der Waals surface area contributed by atoms with Crippen LogP contribution in [0.1, 0.15) is 93.9 Å². The van der Waals surface area contributed by atoms with Gasteiger partial charge in [0, 0.05) is 44.8 Å². The van der Waals surface area contributed by atoms with Crippen LogP contribution in [0.3, 0.4) is 0 Å². The largest absolute Gasteiger partial charge is 0.462 e. The number of hydrogen-bond acceptors (Lipinski definition) is 18. The van der Waals surface area contributed by atoms with Crippen molar-refractivity contribution in [1.29, 1.82) is 5.26 Å². The highest BCUT2D eigenvalue weighted by Crippen LogP contribution is 2.38. The Hall–Kier alpha value is -2.45. The third-order valence-corrected chi connectivity index (χ3v) is 13.6. The molecule has 372 valence electrons. The number of methoxy groups -OCH3 is 2. The summed E-state index contributed by atoms with van der Waals surface area (Å²) in [5, 5.41) is 65.7. The van der Waals surface area contributed by atoms with Crippen LogP contribution in [0.4, 0.5) is 0 Å². The van der Waals surface area contributed by atoms with Crippen molar-refractivity contribution in [3.8, 4) is 6.07 Å². The van der Waals surface area contributed by atoms with E-state index in [9.17, 15) is 40.4 Å². The molecular weight excluding hydrogens is 849 g/mol. The second-order valence-electron chi connectivity index (χ2n) is 19.0. The van der Waals surface area contributed by atoms with Gasteiger partial charge < -0.3 is 73.1 Å². The molecule has 5 N–H and O–H groups in total. The van der Waals surface area contributed by atoms with Gasteiger partial charge in [-0.2, -0.15) is 5.26 Å². The molecule has 4 heterocycles. The summed E-state index contributed by atoms with van der Waals surface area (Å²) in [5.74, 6) is -3.27. The fraction of sp³-hybridized carbons (Fsp3) is 0.851. The van der Waals surface area contributed by atoms with Crippen LogP contribution in [-0.4, -0.2) is 181 Å². The number of ether oxygens (including phenoxy) is 9. The molecule has 4 aliphatic heterocycles. The van der Waals surface area contributed by atoms with Crippen molar-refractivity contribution in [2.75, 3.05) is 34.9 Å². The average molecular weight is 927 g/mol. The van der Waals surface area contributed by atoms with Crippen LogP contribution >= 0.6 is 0 Å². The molecule has 4 rings (SSSR count). The lowest BCUT2D eigenvalue weighted by molar-refractivity contribution is -0.342. The summed E-state index contributed by atoms with van der Waals surface area (Å²) in [7, 11) is 6.47. The Kier molecular flexibility index (Phi) is 21.0. The number of esters is 1. The van der Waals surface area contributed by atoms with E-state index in [0.29, 0.717) is 12.0 Å². The maximum absolute atomic E-state index is 13.8. The van der Waals surface area contributed by atoms with Gasteiger partial charge in [0.25, 0.3) is 0 Å². The van der Waals surface area contributed by atoms with Gasteiger partial charge in [-0.05, 0) is 80.0 Å². The molecule has 65 heavy (non-hydrogen) atoms. The number of likely N-dealkylation sites (N-methyl/N-ethyl adjacent to an activating group) is 1. The molecule has 0 spiro atoms. The SMILES string of the molecule is CC[C@H]1OC(=O)C[C@@H](O)[C@H](C)[C@@H](O[C@@H]2O[C@H](C)[C@@H](O[C@H]3C[C@@](C)(O)[C@@H](O)[C@H](C)O3)[C@H](N(C)C)[C@H]2O)[C@@H](CCC#N)C[C@@H](C)C(=O)/C=C/C(C)=C/[C@@H]1CO[C@@H]1O[C@H](C)[C@@H](O)[C@@H](OC)[C@H]1OC. The lowest BCUT2D eigenvalue weighted by Gasteiger charge is -2.50. The van der Waals surface area contributed by atoms with Gasteiger partial charge in [0.05, 0.1) is 61.3 Å². The van der Waals surface area contributed by atoms with Crippen LogP contribution in [0.5, 0.6) is 0 Å². The maximum atomic E-state index is 13.8. The molecule has 0 aromatic carbocycles. The van der Waals surface area contributed by atoms with E-state index in [1.165, 1.54) is 27.2 Å². The minimum atomic E-state index is -1.49. The van der Waals surface area contributed by atoms with Crippen LogP contribution in [0.15, 0.2) is 23.8 Å². The van der Waals surface area contributed by atoms with E-state index >= 15 is 0 Å². The minimum absolute atomic E-state index is 0.000737. The third kappa shape index (κ3) is 14.1. The average Bonchev–Trinajstić information content (AvgIpc) is 3.24. The molecule has 0 radical (unpaired) electrons. The first-order chi connectivity index (χ1) is 30.6. The summed E-state index contributed by atoms with van der Waals surface area (Å²) in [6, 6.07) is 1.46. The van der Waals surface area contributed by atoms with Crippen molar-refractivity contribution in [3.05, 3.63) is 23.8 Å². The summed E-state index contributed by atoms with van der Waals surface area (Å²) in [6.45, 7) is 13.8. The van der Waals surface area contributed by atoms with Gasteiger partial charge in [0.15, 0.2) is 24.7 Å². The van der Waals surface area contributed by atoms with Gasteiger partial charge in [0.1, 0.15) is 42.7 Å². The first kappa shape index (κ1) is 55.1. The predicted molar refractivity (Wildman–Crippen MR) is 235 cm³/mol. The van der Waals surface area contributed by atoms with E-state index in [0.717, 1.165) is 0 Å². The van der Waals surface area contributed by atoms with Crippen LogP contribution in [0, 0.1) is 35.0 Å². The minimum Gasteiger partial charge on any atom is -0.462 e. The first-order valence-electron chi connectivity index (χ1n) is 23.1.